The van der Waals surface area contributed by atoms with Gasteiger partial charge in [0.1, 0.15) is 18.6 Å². The van der Waals surface area contributed by atoms with Gasteiger partial charge < -0.3 is 9.30 Å². The van der Waals surface area contributed by atoms with Crippen molar-refractivity contribution in [3.63, 3.8) is 0 Å². The molecular weight excluding hydrogens is 378 g/mol. The van der Waals surface area contributed by atoms with Gasteiger partial charge in [-0.2, -0.15) is 0 Å². The molecule has 4 aromatic rings. The molecule has 3 aromatic heterocycles. The molecule has 0 atom stereocenters. The van der Waals surface area contributed by atoms with E-state index in [0.29, 0.717) is 17.6 Å². The van der Waals surface area contributed by atoms with Crippen LogP contribution in [0.3, 0.4) is 0 Å². The van der Waals surface area contributed by atoms with E-state index in [4.69, 9.17) is 21.3 Å². The zero-order valence-electron chi connectivity index (χ0n) is 15.7. The lowest BCUT2D eigenvalue weighted by molar-refractivity contribution is 0.0899. The molecule has 140 valence electrons. The highest BCUT2D eigenvalue weighted by molar-refractivity contribution is 6.76. The fourth-order valence-electron chi connectivity index (χ4n) is 2.88. The first kappa shape index (κ1) is 18.2. The first-order valence-corrected chi connectivity index (χ1v) is 13.0. The minimum Gasteiger partial charge on any atom is -0.361 e. The summed E-state index contributed by atoms with van der Waals surface area (Å²) in [7, 11) is -1.08. The molecule has 0 aliphatic rings. The lowest BCUT2D eigenvalue weighted by Crippen LogP contribution is -2.22. The monoisotopic (exact) mass is 399 g/mol. The van der Waals surface area contributed by atoms with Gasteiger partial charge in [-0.25, -0.2) is 15.0 Å². The molecule has 0 unspecified atom stereocenters. The highest BCUT2D eigenvalue weighted by Crippen LogP contribution is 2.22. The average molecular weight is 400 g/mol. The lowest BCUT2D eigenvalue weighted by Gasteiger charge is -2.15. The fraction of sp³-hybridized carbons (Fsp3) is 0.316. The van der Waals surface area contributed by atoms with E-state index in [0.717, 1.165) is 34.8 Å². The molecule has 27 heavy (non-hydrogen) atoms. The molecule has 0 aliphatic heterocycles. The van der Waals surface area contributed by atoms with E-state index in [1.807, 2.05) is 39.6 Å². The minimum absolute atomic E-state index is 0.492. The number of ether oxygens (including phenoxy) is 1. The van der Waals surface area contributed by atoms with Crippen molar-refractivity contribution < 1.29 is 4.74 Å². The third kappa shape index (κ3) is 3.90. The highest BCUT2D eigenvalue weighted by Gasteiger charge is 2.13. The number of nitrogens with zero attached hydrogens (tertiary/aromatic N) is 5. The molecular formula is C19H22ClN5OSi. The average Bonchev–Trinajstić information content (AvgIpc) is 3.21. The van der Waals surface area contributed by atoms with Crippen molar-refractivity contribution in [2.24, 2.45) is 0 Å². The van der Waals surface area contributed by atoms with Crippen LogP contribution in [0.15, 0.2) is 43.0 Å². The molecule has 1 aromatic carbocycles. The van der Waals surface area contributed by atoms with Gasteiger partial charge in [0, 0.05) is 25.9 Å². The number of aromatic nitrogens is 5. The van der Waals surface area contributed by atoms with Gasteiger partial charge in [-0.05, 0) is 30.3 Å². The van der Waals surface area contributed by atoms with Gasteiger partial charge in [0.05, 0.1) is 17.2 Å². The Morgan fingerprint density at radius 2 is 1.96 bits per heavy atom. The predicted molar refractivity (Wildman–Crippen MR) is 111 cm³/mol. The van der Waals surface area contributed by atoms with Gasteiger partial charge in [-0.15, -0.1) is 0 Å². The topological polar surface area (TPSA) is 57.8 Å². The Morgan fingerprint density at radius 1 is 1.11 bits per heavy atom. The van der Waals surface area contributed by atoms with E-state index in [1.54, 1.807) is 12.5 Å². The molecule has 0 spiro atoms. The Labute approximate surface area is 163 Å². The maximum Gasteiger partial charge on any atom is 0.160 e. The van der Waals surface area contributed by atoms with Crippen LogP contribution in [0.2, 0.25) is 30.7 Å². The number of rotatable bonds is 6. The van der Waals surface area contributed by atoms with E-state index >= 15 is 0 Å². The van der Waals surface area contributed by atoms with E-state index in [2.05, 4.69) is 29.6 Å². The molecule has 0 saturated carbocycles. The Balaban J connectivity index is 1.57. The van der Waals surface area contributed by atoms with Crippen LogP contribution in [0.5, 0.6) is 0 Å². The quantitative estimate of drug-likeness (QED) is 0.347. The van der Waals surface area contributed by atoms with Crippen LogP contribution in [0.25, 0.3) is 28.0 Å². The van der Waals surface area contributed by atoms with Gasteiger partial charge >= 0.3 is 0 Å². The Morgan fingerprint density at radius 3 is 2.78 bits per heavy atom. The molecule has 0 aliphatic carbocycles. The largest absolute Gasteiger partial charge is 0.361 e. The smallest absolute Gasteiger partial charge is 0.160 e. The second kappa shape index (κ2) is 7.07. The summed E-state index contributed by atoms with van der Waals surface area (Å²) in [6.45, 7) is 8.32. The van der Waals surface area contributed by atoms with E-state index in [-0.39, 0.29) is 0 Å². The van der Waals surface area contributed by atoms with E-state index < -0.39 is 8.07 Å². The van der Waals surface area contributed by atoms with Crippen molar-refractivity contribution >= 4 is 41.9 Å². The molecule has 0 amide bonds. The van der Waals surface area contributed by atoms with Crippen LogP contribution in [0, 0.1) is 0 Å². The SMILES string of the molecule is C[Si](C)(C)CCOCn1ccc2nc(-n3cnc4ccc(Cl)cc43)cnc21. The van der Waals surface area contributed by atoms with Gasteiger partial charge in [0.25, 0.3) is 0 Å². The number of hydrogen-bond acceptors (Lipinski definition) is 4. The molecule has 0 radical (unpaired) electrons. The molecule has 4 rings (SSSR count). The summed E-state index contributed by atoms with van der Waals surface area (Å²) in [5.74, 6) is 0.713. The molecule has 6 nitrogen and oxygen atoms in total. The number of benzene rings is 1. The zero-order chi connectivity index (χ0) is 19.0. The second-order valence-corrected chi connectivity index (χ2v) is 13.9. The second-order valence-electron chi connectivity index (χ2n) is 7.82. The standard InChI is InChI=1S/C19H22ClN5OSi/c1-27(2,3)9-8-26-13-24-7-6-16-19(24)21-11-18(23-16)25-12-22-15-5-4-14(20)10-17(15)25/h4-7,10-12H,8-9,13H2,1-3H3. The van der Waals surface area contributed by atoms with E-state index in [1.165, 1.54) is 0 Å². The normalized spacial score (nSPS) is 12.3. The summed E-state index contributed by atoms with van der Waals surface area (Å²) < 4.78 is 9.72. The third-order valence-electron chi connectivity index (χ3n) is 4.43. The molecule has 0 fully saturated rings. The van der Waals surface area contributed by atoms with Crippen molar-refractivity contribution in [1.29, 1.82) is 0 Å². The van der Waals surface area contributed by atoms with Crippen molar-refractivity contribution in [3.05, 3.63) is 48.0 Å². The fourth-order valence-corrected chi connectivity index (χ4v) is 3.80. The van der Waals surface area contributed by atoms with Crippen molar-refractivity contribution in [2.45, 2.75) is 32.4 Å². The summed E-state index contributed by atoms with van der Waals surface area (Å²) in [5.41, 5.74) is 3.42. The number of fused-ring (bicyclic) bond motifs is 2. The summed E-state index contributed by atoms with van der Waals surface area (Å²) in [6, 6.07) is 8.72. The van der Waals surface area contributed by atoms with Gasteiger partial charge in [-0.1, -0.05) is 31.2 Å². The minimum atomic E-state index is -1.08. The Bertz CT molecular complexity index is 1100. The van der Waals surface area contributed by atoms with E-state index in [9.17, 15) is 0 Å². The maximum absolute atomic E-state index is 6.13. The van der Waals surface area contributed by atoms with Gasteiger partial charge in [-0.3, -0.25) is 4.57 Å². The predicted octanol–water partition coefficient (Wildman–Crippen LogP) is 4.74. The molecule has 0 bridgehead atoms. The maximum atomic E-state index is 6.13. The third-order valence-corrected chi connectivity index (χ3v) is 6.37. The van der Waals surface area contributed by atoms with Gasteiger partial charge in [0.15, 0.2) is 11.5 Å². The zero-order valence-corrected chi connectivity index (χ0v) is 17.4. The molecule has 3 heterocycles. The van der Waals surface area contributed by atoms with Crippen LogP contribution in [0.1, 0.15) is 0 Å². The summed E-state index contributed by atoms with van der Waals surface area (Å²) >= 11 is 6.13. The Kier molecular flexibility index (Phi) is 4.75. The van der Waals surface area contributed by atoms with Crippen LogP contribution < -0.4 is 0 Å². The lowest BCUT2D eigenvalue weighted by atomic mass is 10.3. The molecule has 0 saturated heterocycles. The van der Waals surface area contributed by atoms with Crippen LogP contribution >= 0.6 is 11.6 Å². The van der Waals surface area contributed by atoms with Crippen molar-refractivity contribution in [1.82, 2.24) is 24.1 Å². The van der Waals surface area contributed by atoms with Crippen molar-refractivity contribution in [2.75, 3.05) is 6.61 Å². The summed E-state index contributed by atoms with van der Waals surface area (Å²) in [5, 5.41) is 0.667. The first-order chi connectivity index (χ1) is 12.9. The molecule has 8 heteroatoms. The summed E-state index contributed by atoms with van der Waals surface area (Å²) in [4.78, 5) is 13.7. The van der Waals surface area contributed by atoms with Crippen molar-refractivity contribution in [3.8, 4) is 5.82 Å². The first-order valence-electron chi connectivity index (χ1n) is 8.93. The number of imidazole rings is 1. The van der Waals surface area contributed by atoms with Crippen LogP contribution in [-0.4, -0.2) is 38.8 Å². The number of hydrogen-bond donors (Lipinski definition) is 0. The van der Waals surface area contributed by atoms with Crippen LogP contribution in [0.4, 0.5) is 0 Å². The highest BCUT2D eigenvalue weighted by atomic mass is 35.5. The number of halogens is 1. The Hall–Kier alpha value is -2.22. The summed E-state index contributed by atoms with van der Waals surface area (Å²) in [6.07, 6.45) is 5.46. The molecule has 0 N–H and O–H groups in total. The van der Waals surface area contributed by atoms with Gasteiger partial charge in [0.2, 0.25) is 0 Å². The van der Waals surface area contributed by atoms with Crippen LogP contribution in [-0.2, 0) is 11.5 Å².